The van der Waals surface area contributed by atoms with Crippen molar-refractivity contribution in [1.29, 1.82) is 0 Å². The Bertz CT molecular complexity index is 449. The smallest absolute Gasteiger partial charge is 0.143 e. The van der Waals surface area contributed by atoms with E-state index < -0.39 is 0 Å². The van der Waals surface area contributed by atoms with E-state index in [9.17, 15) is 0 Å². The summed E-state index contributed by atoms with van der Waals surface area (Å²) in [6, 6.07) is 0.665. The van der Waals surface area contributed by atoms with E-state index in [4.69, 9.17) is 4.74 Å². The fraction of sp³-hybridized carbons (Fsp3) is 0.571. The molecule has 2 fully saturated rings. The molecule has 0 N–H and O–H groups in total. The zero-order valence-electron chi connectivity index (χ0n) is 10.2. The number of ether oxygens (including phenoxy) is 1. The van der Waals surface area contributed by atoms with E-state index in [1.807, 2.05) is 0 Å². The van der Waals surface area contributed by atoms with E-state index in [1.54, 1.807) is 0 Å². The molecule has 17 heavy (non-hydrogen) atoms. The second-order valence-electron chi connectivity index (χ2n) is 5.61. The molecule has 0 aromatic heterocycles. The lowest BCUT2D eigenvalue weighted by Gasteiger charge is -2.32. The van der Waals surface area contributed by atoms with Crippen LogP contribution in [0.25, 0.3) is 0 Å². The van der Waals surface area contributed by atoms with Gasteiger partial charge in [0.25, 0.3) is 0 Å². The molecule has 3 nitrogen and oxygen atoms in total. The molecule has 0 aliphatic carbocycles. The van der Waals surface area contributed by atoms with Gasteiger partial charge in [0.2, 0.25) is 0 Å². The van der Waals surface area contributed by atoms with Gasteiger partial charge in [0.15, 0.2) is 0 Å². The molecule has 90 valence electrons. The lowest BCUT2D eigenvalue weighted by atomic mass is 9.98. The SMILES string of the molecule is CC1=C2C=CN([C@H]3CN4CC[C@H]3C4)C=C2OC1. The average Bonchev–Trinajstić information content (AvgIpc) is 3.04. The van der Waals surface area contributed by atoms with Crippen molar-refractivity contribution in [1.82, 2.24) is 9.80 Å². The predicted molar refractivity (Wildman–Crippen MR) is 66.0 cm³/mol. The van der Waals surface area contributed by atoms with Crippen molar-refractivity contribution in [2.75, 3.05) is 26.2 Å². The highest BCUT2D eigenvalue weighted by molar-refractivity contribution is 5.45. The summed E-state index contributed by atoms with van der Waals surface area (Å²) in [5.41, 5.74) is 2.65. The summed E-state index contributed by atoms with van der Waals surface area (Å²) >= 11 is 0. The summed E-state index contributed by atoms with van der Waals surface area (Å²) in [5.74, 6) is 1.92. The third kappa shape index (κ3) is 1.38. The van der Waals surface area contributed by atoms with Crippen LogP contribution >= 0.6 is 0 Å². The fourth-order valence-corrected chi connectivity index (χ4v) is 3.52. The summed E-state index contributed by atoms with van der Waals surface area (Å²) in [7, 11) is 0. The van der Waals surface area contributed by atoms with Gasteiger partial charge in [-0.1, -0.05) is 0 Å². The Hall–Kier alpha value is -1.22. The van der Waals surface area contributed by atoms with Gasteiger partial charge >= 0.3 is 0 Å². The Morgan fingerprint density at radius 2 is 2.29 bits per heavy atom. The summed E-state index contributed by atoms with van der Waals surface area (Å²) in [6.07, 6.45) is 8.03. The Balaban J connectivity index is 1.60. The van der Waals surface area contributed by atoms with Crippen LogP contribution in [0.5, 0.6) is 0 Å². The molecule has 1 unspecified atom stereocenters. The summed E-state index contributed by atoms with van der Waals surface area (Å²) < 4.78 is 5.72. The topological polar surface area (TPSA) is 15.7 Å². The Kier molecular flexibility index (Phi) is 1.95. The third-order valence-corrected chi connectivity index (χ3v) is 4.53. The molecule has 0 aromatic rings. The molecule has 3 atom stereocenters. The van der Waals surface area contributed by atoms with Gasteiger partial charge in [-0.05, 0) is 37.5 Å². The maximum Gasteiger partial charge on any atom is 0.143 e. The second-order valence-corrected chi connectivity index (χ2v) is 5.61. The minimum Gasteiger partial charge on any atom is -0.487 e. The molecule has 0 spiro atoms. The number of piperidine rings is 1. The molecular formula is C14H18N2O. The van der Waals surface area contributed by atoms with Gasteiger partial charge in [0, 0.05) is 37.1 Å². The Labute approximate surface area is 102 Å². The molecule has 4 heterocycles. The second kappa shape index (κ2) is 3.39. The van der Waals surface area contributed by atoms with Crippen LogP contribution in [0.1, 0.15) is 13.3 Å². The molecule has 2 saturated heterocycles. The zero-order chi connectivity index (χ0) is 11.4. The van der Waals surface area contributed by atoms with Crippen LogP contribution in [-0.2, 0) is 4.74 Å². The molecular weight excluding hydrogens is 212 g/mol. The first-order chi connectivity index (χ1) is 8.31. The van der Waals surface area contributed by atoms with E-state index in [-0.39, 0.29) is 0 Å². The van der Waals surface area contributed by atoms with Crippen molar-refractivity contribution < 1.29 is 4.74 Å². The van der Waals surface area contributed by atoms with Crippen molar-refractivity contribution in [3.63, 3.8) is 0 Å². The van der Waals surface area contributed by atoms with Crippen molar-refractivity contribution >= 4 is 0 Å². The number of fused-ring (bicyclic) bond motifs is 3. The van der Waals surface area contributed by atoms with Gasteiger partial charge in [-0.2, -0.15) is 0 Å². The normalized spacial score (nSPS) is 38.5. The molecule has 0 radical (unpaired) electrons. The van der Waals surface area contributed by atoms with E-state index in [0.29, 0.717) is 6.04 Å². The number of allylic oxidation sites excluding steroid dienone is 1. The van der Waals surface area contributed by atoms with Crippen LogP contribution in [0.2, 0.25) is 0 Å². The van der Waals surface area contributed by atoms with Gasteiger partial charge in [0.1, 0.15) is 12.4 Å². The maximum atomic E-state index is 5.72. The van der Waals surface area contributed by atoms with Gasteiger partial charge in [-0.25, -0.2) is 0 Å². The highest BCUT2D eigenvalue weighted by atomic mass is 16.5. The van der Waals surface area contributed by atoms with Gasteiger partial charge in [-0.3, -0.25) is 0 Å². The van der Waals surface area contributed by atoms with E-state index in [1.165, 1.54) is 37.2 Å². The molecule has 2 bridgehead atoms. The zero-order valence-corrected chi connectivity index (χ0v) is 10.2. The Morgan fingerprint density at radius 1 is 1.35 bits per heavy atom. The number of rotatable bonds is 1. The molecule has 0 saturated carbocycles. The molecule has 0 aromatic carbocycles. The molecule has 4 aliphatic heterocycles. The summed E-state index contributed by atoms with van der Waals surface area (Å²) in [4.78, 5) is 4.95. The van der Waals surface area contributed by atoms with Crippen LogP contribution in [-0.4, -0.2) is 42.1 Å². The lowest BCUT2D eigenvalue weighted by Crippen LogP contribution is -2.38. The van der Waals surface area contributed by atoms with E-state index in [0.717, 1.165) is 18.3 Å². The Morgan fingerprint density at radius 3 is 3.06 bits per heavy atom. The first-order valence-electron chi connectivity index (χ1n) is 6.54. The first kappa shape index (κ1) is 9.77. The van der Waals surface area contributed by atoms with Crippen LogP contribution in [0, 0.1) is 5.92 Å². The molecule has 3 heteroatoms. The van der Waals surface area contributed by atoms with E-state index >= 15 is 0 Å². The standard InChI is InChI=1S/C14H18N2O/c1-10-9-17-14-8-16(5-3-12(10)14)13-7-15-4-2-11(13)6-15/h3,5,8,11,13H,2,4,6-7,9H2,1H3/t11-,13-/m0/s1. The third-order valence-electron chi connectivity index (χ3n) is 4.53. The fourth-order valence-electron chi connectivity index (χ4n) is 3.52. The van der Waals surface area contributed by atoms with Crippen molar-refractivity contribution in [3.05, 3.63) is 35.4 Å². The monoisotopic (exact) mass is 230 g/mol. The van der Waals surface area contributed by atoms with Gasteiger partial charge < -0.3 is 14.5 Å². The summed E-state index contributed by atoms with van der Waals surface area (Å²) in [5, 5.41) is 0. The largest absolute Gasteiger partial charge is 0.487 e. The van der Waals surface area contributed by atoms with Crippen LogP contribution in [0.15, 0.2) is 35.4 Å². The van der Waals surface area contributed by atoms with Crippen LogP contribution < -0.4 is 0 Å². The van der Waals surface area contributed by atoms with Crippen molar-refractivity contribution in [2.24, 2.45) is 5.92 Å². The lowest BCUT2D eigenvalue weighted by molar-refractivity contribution is 0.223. The maximum absolute atomic E-state index is 5.72. The van der Waals surface area contributed by atoms with Crippen molar-refractivity contribution in [3.8, 4) is 0 Å². The molecule has 4 rings (SSSR count). The van der Waals surface area contributed by atoms with Crippen molar-refractivity contribution in [2.45, 2.75) is 19.4 Å². The number of nitrogens with zero attached hydrogens (tertiary/aromatic N) is 2. The highest BCUT2D eigenvalue weighted by Crippen LogP contribution is 2.35. The van der Waals surface area contributed by atoms with Gasteiger partial charge in [-0.15, -0.1) is 0 Å². The first-order valence-corrected chi connectivity index (χ1v) is 6.54. The number of hydrogen-bond donors (Lipinski definition) is 0. The average molecular weight is 230 g/mol. The minimum absolute atomic E-state index is 0.665. The number of hydrogen-bond acceptors (Lipinski definition) is 3. The molecule has 0 amide bonds. The minimum atomic E-state index is 0.665. The summed E-state index contributed by atoms with van der Waals surface area (Å²) in [6.45, 7) is 6.73. The van der Waals surface area contributed by atoms with E-state index in [2.05, 4.69) is 35.2 Å². The predicted octanol–water partition coefficient (Wildman–Crippen LogP) is 1.71. The van der Waals surface area contributed by atoms with Crippen LogP contribution in [0.4, 0.5) is 0 Å². The van der Waals surface area contributed by atoms with Gasteiger partial charge in [0.05, 0.1) is 0 Å². The molecule has 4 aliphatic rings. The quantitative estimate of drug-likeness (QED) is 0.682. The van der Waals surface area contributed by atoms with Crippen LogP contribution in [0.3, 0.4) is 0 Å². The highest BCUT2D eigenvalue weighted by Gasteiger charge is 2.40.